The van der Waals surface area contributed by atoms with Gasteiger partial charge >= 0.3 is 5.91 Å². The fraction of sp³-hybridized carbons (Fsp3) is 0.333. The van der Waals surface area contributed by atoms with Gasteiger partial charge in [-0.05, 0) is 29.8 Å². The molecule has 23 heavy (non-hydrogen) atoms. The van der Waals surface area contributed by atoms with E-state index < -0.39 is 0 Å². The summed E-state index contributed by atoms with van der Waals surface area (Å²) in [6.07, 6.45) is 2.23. The van der Waals surface area contributed by atoms with Crippen molar-refractivity contribution in [3.8, 4) is 0 Å². The van der Waals surface area contributed by atoms with Gasteiger partial charge in [0.1, 0.15) is 0 Å². The number of carbonyl (C=O) groups excluding carboxylic acids is 1. The number of hydrogen-bond donors (Lipinski definition) is 0. The van der Waals surface area contributed by atoms with Crippen LogP contribution in [0.3, 0.4) is 0 Å². The summed E-state index contributed by atoms with van der Waals surface area (Å²) in [5.41, 5.74) is 1.99. The van der Waals surface area contributed by atoms with Gasteiger partial charge in [-0.3, -0.25) is 4.79 Å². The first-order chi connectivity index (χ1) is 10.9. The summed E-state index contributed by atoms with van der Waals surface area (Å²) in [5.74, 6) is 0.100. The number of nitrogens with zero attached hydrogens (tertiary/aromatic N) is 2. The molecule has 1 atom stereocenters. The van der Waals surface area contributed by atoms with Crippen molar-refractivity contribution >= 4 is 27.5 Å². The third-order valence-electron chi connectivity index (χ3n) is 3.95. The van der Waals surface area contributed by atoms with Crippen molar-refractivity contribution in [1.82, 2.24) is 5.01 Å². The zero-order chi connectivity index (χ0) is 16.6. The molecule has 0 bridgehead atoms. The summed E-state index contributed by atoms with van der Waals surface area (Å²) >= 11 is 3.50. The van der Waals surface area contributed by atoms with Crippen LogP contribution in [0.25, 0.3) is 0 Å². The molecule has 0 saturated carbocycles. The smallest absolute Gasteiger partial charge is 0.310 e. The first-order valence-corrected chi connectivity index (χ1v) is 8.36. The molecule has 0 aliphatic carbocycles. The van der Waals surface area contributed by atoms with E-state index in [0.29, 0.717) is 5.76 Å². The first kappa shape index (κ1) is 16.0. The summed E-state index contributed by atoms with van der Waals surface area (Å²) in [4.78, 5) is 12.8. The summed E-state index contributed by atoms with van der Waals surface area (Å²) in [6.45, 7) is 6.35. The van der Waals surface area contributed by atoms with Gasteiger partial charge in [-0.1, -0.05) is 48.8 Å². The van der Waals surface area contributed by atoms with Gasteiger partial charge < -0.3 is 4.42 Å². The van der Waals surface area contributed by atoms with Gasteiger partial charge in [-0.15, -0.1) is 0 Å². The predicted molar refractivity (Wildman–Crippen MR) is 93.3 cm³/mol. The van der Waals surface area contributed by atoms with E-state index in [2.05, 4.69) is 41.8 Å². The van der Waals surface area contributed by atoms with Crippen molar-refractivity contribution in [3.05, 3.63) is 58.5 Å². The van der Waals surface area contributed by atoms with Crippen LogP contribution in [-0.4, -0.2) is 16.6 Å². The van der Waals surface area contributed by atoms with Crippen molar-refractivity contribution in [2.75, 3.05) is 0 Å². The Hall–Kier alpha value is -1.88. The highest BCUT2D eigenvalue weighted by molar-refractivity contribution is 9.10. The molecule has 1 aliphatic rings. The second kappa shape index (κ2) is 5.96. The monoisotopic (exact) mass is 374 g/mol. The van der Waals surface area contributed by atoms with Gasteiger partial charge in [0.15, 0.2) is 5.76 Å². The van der Waals surface area contributed by atoms with Crippen LogP contribution >= 0.6 is 15.9 Å². The molecule has 120 valence electrons. The van der Waals surface area contributed by atoms with E-state index in [-0.39, 0.29) is 17.4 Å². The topological polar surface area (TPSA) is 45.8 Å². The SMILES string of the molecule is CC(C)(C)C1=NN(C(=O)c2ccco2)[C@H](c2cccc(Br)c2)C1. The largest absolute Gasteiger partial charge is 0.459 e. The molecule has 4 nitrogen and oxygen atoms in total. The molecule has 0 radical (unpaired) electrons. The number of furan rings is 1. The van der Waals surface area contributed by atoms with Gasteiger partial charge in [0.05, 0.1) is 12.3 Å². The van der Waals surface area contributed by atoms with Crippen LogP contribution in [0, 0.1) is 5.41 Å². The van der Waals surface area contributed by atoms with Gasteiger partial charge in [0.2, 0.25) is 0 Å². The molecular formula is C18H19BrN2O2. The number of benzene rings is 1. The van der Waals surface area contributed by atoms with E-state index in [9.17, 15) is 4.79 Å². The molecule has 0 N–H and O–H groups in total. The molecule has 1 amide bonds. The van der Waals surface area contributed by atoms with E-state index in [1.807, 2.05) is 24.3 Å². The molecule has 0 unspecified atom stereocenters. The lowest BCUT2D eigenvalue weighted by atomic mass is 9.86. The number of carbonyl (C=O) groups is 1. The quantitative estimate of drug-likeness (QED) is 0.739. The Morgan fingerprint density at radius 2 is 2.09 bits per heavy atom. The van der Waals surface area contributed by atoms with Gasteiger partial charge in [-0.25, -0.2) is 5.01 Å². The number of hydrogen-bond acceptors (Lipinski definition) is 3. The molecule has 0 fully saturated rings. The Kier molecular flexibility index (Phi) is 4.15. The summed E-state index contributed by atoms with van der Waals surface area (Å²) in [7, 11) is 0. The molecule has 1 aliphatic heterocycles. The zero-order valence-electron chi connectivity index (χ0n) is 13.4. The molecule has 5 heteroatoms. The minimum atomic E-state index is -0.209. The van der Waals surface area contributed by atoms with Crippen LogP contribution in [-0.2, 0) is 0 Å². The van der Waals surface area contributed by atoms with Gasteiger partial charge in [-0.2, -0.15) is 5.10 Å². The maximum atomic E-state index is 12.8. The average Bonchev–Trinajstić information content (AvgIpc) is 3.15. The molecule has 0 spiro atoms. The number of rotatable bonds is 2. The highest BCUT2D eigenvalue weighted by atomic mass is 79.9. The summed E-state index contributed by atoms with van der Waals surface area (Å²) in [5, 5.41) is 6.18. The highest BCUT2D eigenvalue weighted by Gasteiger charge is 2.37. The van der Waals surface area contributed by atoms with Crippen molar-refractivity contribution in [2.24, 2.45) is 10.5 Å². The van der Waals surface area contributed by atoms with Crippen molar-refractivity contribution in [3.63, 3.8) is 0 Å². The second-order valence-electron chi connectivity index (χ2n) is 6.70. The van der Waals surface area contributed by atoms with Crippen molar-refractivity contribution in [1.29, 1.82) is 0 Å². The fourth-order valence-corrected chi connectivity index (χ4v) is 3.06. The molecule has 1 aromatic carbocycles. The van der Waals surface area contributed by atoms with Gasteiger partial charge in [0.25, 0.3) is 0 Å². The lowest BCUT2D eigenvalue weighted by Crippen LogP contribution is -2.26. The second-order valence-corrected chi connectivity index (χ2v) is 7.61. The summed E-state index contributed by atoms with van der Waals surface area (Å²) < 4.78 is 6.26. The maximum Gasteiger partial charge on any atom is 0.310 e. The van der Waals surface area contributed by atoms with Crippen LogP contribution in [0.2, 0.25) is 0 Å². The molecule has 2 heterocycles. The fourth-order valence-electron chi connectivity index (χ4n) is 2.64. The first-order valence-electron chi connectivity index (χ1n) is 7.57. The summed E-state index contributed by atoms with van der Waals surface area (Å²) in [6, 6.07) is 11.3. The van der Waals surface area contributed by atoms with E-state index in [4.69, 9.17) is 4.42 Å². The highest BCUT2D eigenvalue weighted by Crippen LogP contribution is 2.37. The van der Waals surface area contributed by atoms with Crippen molar-refractivity contribution < 1.29 is 9.21 Å². The number of halogens is 1. The lowest BCUT2D eigenvalue weighted by Gasteiger charge is -2.21. The third kappa shape index (κ3) is 3.24. The minimum absolute atomic E-state index is 0.0809. The van der Waals surface area contributed by atoms with E-state index in [1.165, 1.54) is 6.26 Å². The van der Waals surface area contributed by atoms with Gasteiger partial charge in [0, 0.05) is 22.0 Å². The van der Waals surface area contributed by atoms with E-state index in [1.54, 1.807) is 17.1 Å². The maximum absolute atomic E-state index is 12.8. The lowest BCUT2D eigenvalue weighted by molar-refractivity contribution is 0.0678. The Morgan fingerprint density at radius 1 is 1.30 bits per heavy atom. The van der Waals surface area contributed by atoms with Crippen LogP contribution in [0.15, 0.2) is 56.7 Å². The van der Waals surface area contributed by atoms with Crippen LogP contribution in [0.5, 0.6) is 0 Å². The standard InChI is InChI=1S/C18H19BrN2O2/c1-18(2,3)16-11-14(12-6-4-7-13(19)10-12)21(20-16)17(22)15-8-5-9-23-15/h4-10,14H,11H2,1-3H3/t14-/m0/s1. The van der Waals surface area contributed by atoms with Crippen molar-refractivity contribution in [2.45, 2.75) is 33.2 Å². The normalized spacial score (nSPS) is 18.2. The van der Waals surface area contributed by atoms with Crippen LogP contribution in [0.4, 0.5) is 0 Å². The Morgan fingerprint density at radius 3 is 2.70 bits per heavy atom. The van der Waals surface area contributed by atoms with E-state index in [0.717, 1.165) is 22.2 Å². The molecular weight excluding hydrogens is 356 g/mol. The average molecular weight is 375 g/mol. The predicted octanol–water partition coefficient (Wildman–Crippen LogP) is 5.03. The van der Waals surface area contributed by atoms with E-state index >= 15 is 0 Å². The Balaban J connectivity index is 1.99. The Bertz CT molecular complexity index is 745. The molecule has 0 saturated heterocycles. The Labute approximate surface area is 144 Å². The number of hydrazone groups is 1. The number of amides is 1. The molecule has 2 aromatic rings. The minimum Gasteiger partial charge on any atom is -0.459 e. The molecule has 3 rings (SSSR count). The third-order valence-corrected chi connectivity index (χ3v) is 4.44. The van der Waals surface area contributed by atoms with Crippen LogP contribution in [0.1, 0.15) is 49.4 Å². The van der Waals surface area contributed by atoms with Crippen LogP contribution < -0.4 is 0 Å². The molecule has 1 aromatic heterocycles. The zero-order valence-corrected chi connectivity index (χ0v) is 15.0.